The van der Waals surface area contributed by atoms with Crippen molar-refractivity contribution in [1.82, 2.24) is 0 Å². The zero-order valence-corrected chi connectivity index (χ0v) is 23.1. The molecule has 34 heavy (non-hydrogen) atoms. The van der Waals surface area contributed by atoms with Gasteiger partial charge in [-0.1, -0.05) is 109 Å². The van der Waals surface area contributed by atoms with E-state index < -0.39 is 0 Å². The van der Waals surface area contributed by atoms with Gasteiger partial charge in [-0.2, -0.15) is 0 Å². The Kier molecular flexibility index (Phi) is 8.37. The molecule has 0 bridgehead atoms. The largest absolute Gasteiger partial charge is 0.488 e. The van der Waals surface area contributed by atoms with Crippen molar-refractivity contribution in [2.75, 3.05) is 7.05 Å². The van der Waals surface area contributed by atoms with Crippen molar-refractivity contribution in [2.45, 2.75) is 72.1 Å². The van der Waals surface area contributed by atoms with Gasteiger partial charge in [0.1, 0.15) is 12.4 Å². The number of hydrogen-bond donors (Lipinski definition) is 0. The van der Waals surface area contributed by atoms with E-state index >= 15 is 0 Å². The van der Waals surface area contributed by atoms with Gasteiger partial charge in [0.15, 0.2) is 0 Å². The van der Waals surface area contributed by atoms with E-state index in [-0.39, 0.29) is 10.6 Å². The summed E-state index contributed by atoms with van der Waals surface area (Å²) in [5.41, 5.74) is 7.53. The summed E-state index contributed by atoms with van der Waals surface area (Å²) in [5.74, 6) is 1.05. The first-order valence-electron chi connectivity index (χ1n) is 12.2. The summed E-state index contributed by atoms with van der Waals surface area (Å²) in [7, 11) is 2.45. The second kappa shape index (κ2) is 10.9. The van der Waals surface area contributed by atoms with Gasteiger partial charge < -0.3 is 4.74 Å². The highest BCUT2D eigenvalue weighted by atomic mass is 31.1. The highest BCUT2D eigenvalue weighted by molar-refractivity contribution is 7.48. The average Bonchev–Trinajstić information content (AvgIpc) is 2.79. The molecule has 3 rings (SSSR count). The van der Waals surface area contributed by atoms with E-state index in [1.807, 2.05) is 13.3 Å². The third kappa shape index (κ3) is 6.16. The Balaban J connectivity index is 2.14. The van der Waals surface area contributed by atoms with Crippen molar-refractivity contribution >= 4 is 20.1 Å². The Labute approximate surface area is 208 Å². The fourth-order valence-corrected chi connectivity index (χ4v) is 5.85. The summed E-state index contributed by atoms with van der Waals surface area (Å²) in [6, 6.07) is 21.9. The molecule has 180 valence electrons. The van der Waals surface area contributed by atoms with E-state index in [4.69, 9.17) is 4.74 Å². The minimum atomic E-state index is -0.0520. The fourth-order valence-electron chi connectivity index (χ4n) is 4.31. The Morgan fingerprint density at radius 2 is 1.56 bits per heavy atom. The summed E-state index contributed by atoms with van der Waals surface area (Å²) in [6.45, 7) is 16.5. The number of hydrogen-bond acceptors (Lipinski definition) is 2. The lowest BCUT2D eigenvalue weighted by molar-refractivity contribution is 0.291. The van der Waals surface area contributed by atoms with Crippen LogP contribution in [0.15, 0.2) is 65.7 Å². The molecule has 2 unspecified atom stereocenters. The lowest BCUT2D eigenvalue weighted by Crippen LogP contribution is -2.24. The Morgan fingerprint density at radius 1 is 0.882 bits per heavy atom. The number of aryl methyl sites for hydroxylation is 2. The monoisotopic (exact) mass is 473 g/mol. The second-order valence-electron chi connectivity index (χ2n) is 10.5. The predicted octanol–water partition coefficient (Wildman–Crippen LogP) is 7.86. The molecule has 2 nitrogen and oxygen atoms in total. The molecule has 0 N–H and O–H groups in total. The van der Waals surface area contributed by atoms with Crippen LogP contribution in [0.2, 0.25) is 0 Å². The molecule has 3 aromatic rings. The van der Waals surface area contributed by atoms with Crippen molar-refractivity contribution in [3.8, 4) is 5.75 Å². The van der Waals surface area contributed by atoms with Crippen LogP contribution in [0, 0.1) is 13.8 Å². The van der Waals surface area contributed by atoms with E-state index in [2.05, 4.69) is 114 Å². The summed E-state index contributed by atoms with van der Waals surface area (Å²) >= 11 is 0. The smallest absolute Gasteiger partial charge is 0.127 e. The molecule has 0 spiro atoms. The standard InChI is InChI=1S/C31H40NOP/c1-9-31(7,34-28-16-15-22(2)17-25(28)20-32-8)27-19-23(3)18-26(30(4,5)6)29(27)33-21-24-13-11-10-12-14-24/h10-20,34H,9,21H2,1-8H3. The van der Waals surface area contributed by atoms with Crippen LogP contribution in [-0.2, 0) is 17.2 Å². The van der Waals surface area contributed by atoms with Crippen molar-refractivity contribution < 1.29 is 4.74 Å². The minimum Gasteiger partial charge on any atom is -0.488 e. The van der Waals surface area contributed by atoms with Crippen LogP contribution in [0.5, 0.6) is 5.75 Å². The van der Waals surface area contributed by atoms with Gasteiger partial charge in [-0.05, 0) is 48.2 Å². The first-order chi connectivity index (χ1) is 16.1. The average molecular weight is 474 g/mol. The van der Waals surface area contributed by atoms with Crippen LogP contribution in [0.3, 0.4) is 0 Å². The maximum absolute atomic E-state index is 6.70. The molecule has 0 amide bonds. The lowest BCUT2D eigenvalue weighted by atomic mass is 9.81. The molecule has 0 fully saturated rings. The zero-order chi connectivity index (χ0) is 24.9. The van der Waals surface area contributed by atoms with Gasteiger partial charge in [-0.25, -0.2) is 0 Å². The Morgan fingerprint density at radius 3 is 2.18 bits per heavy atom. The fraction of sp³-hybridized carbons (Fsp3) is 0.387. The van der Waals surface area contributed by atoms with Gasteiger partial charge in [-0.15, -0.1) is 0 Å². The molecule has 0 saturated heterocycles. The Bertz CT molecular complexity index is 1140. The molecule has 0 aliphatic carbocycles. The van der Waals surface area contributed by atoms with Crippen molar-refractivity contribution in [3.63, 3.8) is 0 Å². The van der Waals surface area contributed by atoms with Gasteiger partial charge in [0, 0.05) is 29.5 Å². The van der Waals surface area contributed by atoms with E-state index in [0.29, 0.717) is 15.2 Å². The molecule has 0 radical (unpaired) electrons. The lowest BCUT2D eigenvalue weighted by Gasteiger charge is -2.35. The molecular formula is C31H40NOP. The molecule has 0 aliphatic rings. The molecule has 0 aliphatic heterocycles. The highest BCUT2D eigenvalue weighted by Gasteiger charge is 2.33. The molecular weight excluding hydrogens is 433 g/mol. The van der Waals surface area contributed by atoms with Crippen LogP contribution in [0.4, 0.5) is 0 Å². The van der Waals surface area contributed by atoms with Gasteiger partial charge >= 0.3 is 0 Å². The molecule has 3 aromatic carbocycles. The van der Waals surface area contributed by atoms with Crippen LogP contribution in [0.25, 0.3) is 0 Å². The van der Waals surface area contributed by atoms with Gasteiger partial charge in [-0.3, -0.25) is 4.99 Å². The molecule has 0 heterocycles. The SMILES string of the molecule is CCC(C)(Pc1ccc(C)cc1C=NC)c1cc(C)cc(C(C)(C)C)c1OCc1ccccc1. The highest BCUT2D eigenvalue weighted by Crippen LogP contribution is 2.50. The topological polar surface area (TPSA) is 21.6 Å². The van der Waals surface area contributed by atoms with E-state index in [1.54, 1.807) is 0 Å². The third-order valence-electron chi connectivity index (χ3n) is 6.45. The van der Waals surface area contributed by atoms with Crippen LogP contribution in [0.1, 0.15) is 74.4 Å². The van der Waals surface area contributed by atoms with E-state index in [0.717, 1.165) is 12.2 Å². The molecule has 0 saturated carbocycles. The maximum atomic E-state index is 6.70. The number of aliphatic imine (C=N–C) groups is 1. The maximum Gasteiger partial charge on any atom is 0.127 e. The summed E-state index contributed by atoms with van der Waals surface area (Å²) < 4.78 is 6.70. The molecule has 2 atom stereocenters. The van der Waals surface area contributed by atoms with Gasteiger partial charge in [0.2, 0.25) is 0 Å². The van der Waals surface area contributed by atoms with Crippen molar-refractivity contribution in [2.24, 2.45) is 4.99 Å². The van der Waals surface area contributed by atoms with Crippen LogP contribution in [-0.4, -0.2) is 13.3 Å². The normalized spacial score (nSPS) is 14.1. The first kappa shape index (κ1) is 26.2. The summed E-state index contributed by atoms with van der Waals surface area (Å²) in [6.07, 6.45) is 3.02. The third-order valence-corrected chi connectivity index (χ3v) is 8.35. The second-order valence-corrected chi connectivity index (χ2v) is 12.4. The van der Waals surface area contributed by atoms with E-state index in [9.17, 15) is 0 Å². The summed E-state index contributed by atoms with van der Waals surface area (Å²) in [5, 5.41) is 1.30. The van der Waals surface area contributed by atoms with Crippen molar-refractivity contribution in [3.05, 3.63) is 94.0 Å². The predicted molar refractivity (Wildman–Crippen MR) is 151 cm³/mol. The quantitative estimate of drug-likeness (QED) is 0.241. The van der Waals surface area contributed by atoms with E-state index in [1.165, 1.54) is 38.7 Å². The number of rotatable bonds is 8. The van der Waals surface area contributed by atoms with Gasteiger partial charge in [0.05, 0.1) is 0 Å². The molecule has 3 heteroatoms. The first-order valence-corrected chi connectivity index (χ1v) is 13.2. The Hall–Kier alpha value is -2.44. The molecule has 0 aromatic heterocycles. The number of nitrogens with zero attached hydrogens (tertiary/aromatic N) is 1. The zero-order valence-electron chi connectivity index (χ0n) is 22.1. The minimum absolute atomic E-state index is 0.0194. The van der Waals surface area contributed by atoms with Crippen molar-refractivity contribution in [1.29, 1.82) is 0 Å². The van der Waals surface area contributed by atoms with Crippen LogP contribution < -0.4 is 10.0 Å². The summed E-state index contributed by atoms with van der Waals surface area (Å²) in [4.78, 5) is 4.33. The number of benzene rings is 3. The number of ether oxygens (including phenoxy) is 1. The van der Waals surface area contributed by atoms with Gasteiger partial charge in [0.25, 0.3) is 0 Å². The van der Waals surface area contributed by atoms with Crippen LogP contribution >= 0.6 is 8.58 Å².